The molecular formula is C12H13F3O. The highest BCUT2D eigenvalue weighted by Crippen LogP contribution is 2.39. The zero-order valence-electron chi connectivity index (χ0n) is 8.93. The van der Waals surface area contributed by atoms with E-state index in [2.05, 4.69) is 0 Å². The SMILES string of the molecule is Cc1cc(C(F)(F)F)ccc1CC1(O)CC1. The van der Waals surface area contributed by atoms with Gasteiger partial charge in [0.25, 0.3) is 0 Å². The monoisotopic (exact) mass is 230 g/mol. The average Bonchev–Trinajstić information content (AvgIpc) is 2.86. The first-order valence-electron chi connectivity index (χ1n) is 5.19. The summed E-state index contributed by atoms with van der Waals surface area (Å²) < 4.78 is 37.2. The zero-order chi connectivity index (χ0) is 12.0. The minimum absolute atomic E-state index is 0.455. The summed E-state index contributed by atoms with van der Waals surface area (Å²) in [5.41, 5.74) is 0.101. The molecule has 4 heteroatoms. The van der Waals surface area contributed by atoms with Crippen molar-refractivity contribution in [3.8, 4) is 0 Å². The van der Waals surface area contributed by atoms with Crippen LogP contribution < -0.4 is 0 Å². The zero-order valence-corrected chi connectivity index (χ0v) is 8.93. The van der Waals surface area contributed by atoms with Gasteiger partial charge < -0.3 is 5.11 Å². The predicted octanol–water partition coefficient (Wildman–Crippen LogP) is 3.08. The van der Waals surface area contributed by atoms with E-state index in [4.69, 9.17) is 0 Å². The Bertz CT molecular complexity index is 405. The third kappa shape index (κ3) is 2.38. The molecule has 2 rings (SSSR count). The number of aryl methyl sites for hydroxylation is 1. The molecule has 0 radical (unpaired) electrons. The normalized spacial score (nSPS) is 18.6. The standard InChI is InChI=1S/C12H13F3O/c1-8-6-10(12(13,14)15)3-2-9(8)7-11(16)4-5-11/h2-3,6,16H,4-5,7H2,1H3. The van der Waals surface area contributed by atoms with Crippen molar-refractivity contribution >= 4 is 0 Å². The fraction of sp³-hybridized carbons (Fsp3) is 0.500. The summed E-state index contributed by atoms with van der Waals surface area (Å²) in [5.74, 6) is 0. The molecule has 1 fully saturated rings. The largest absolute Gasteiger partial charge is 0.416 e. The van der Waals surface area contributed by atoms with Gasteiger partial charge in [-0.25, -0.2) is 0 Å². The number of rotatable bonds is 2. The molecule has 1 aliphatic rings. The second-order valence-corrected chi connectivity index (χ2v) is 4.54. The summed E-state index contributed by atoms with van der Waals surface area (Å²) in [7, 11) is 0. The third-order valence-electron chi connectivity index (χ3n) is 3.02. The van der Waals surface area contributed by atoms with Gasteiger partial charge in [-0.3, -0.25) is 0 Å². The van der Waals surface area contributed by atoms with Crippen LogP contribution in [-0.2, 0) is 12.6 Å². The van der Waals surface area contributed by atoms with Crippen LogP contribution in [0.2, 0.25) is 0 Å². The molecule has 1 aromatic carbocycles. The number of hydrogen-bond donors (Lipinski definition) is 1. The van der Waals surface area contributed by atoms with Crippen molar-refractivity contribution in [3.63, 3.8) is 0 Å². The minimum Gasteiger partial charge on any atom is -0.390 e. The van der Waals surface area contributed by atoms with Gasteiger partial charge in [0.1, 0.15) is 0 Å². The summed E-state index contributed by atoms with van der Waals surface area (Å²) in [6.07, 6.45) is -2.35. The lowest BCUT2D eigenvalue weighted by Crippen LogP contribution is -2.13. The first-order chi connectivity index (χ1) is 7.30. The Balaban J connectivity index is 2.23. The molecule has 88 valence electrons. The van der Waals surface area contributed by atoms with E-state index in [9.17, 15) is 18.3 Å². The van der Waals surface area contributed by atoms with Crippen molar-refractivity contribution < 1.29 is 18.3 Å². The van der Waals surface area contributed by atoms with Gasteiger partial charge in [-0.15, -0.1) is 0 Å². The van der Waals surface area contributed by atoms with Gasteiger partial charge in [0.05, 0.1) is 11.2 Å². The topological polar surface area (TPSA) is 20.2 Å². The van der Waals surface area contributed by atoms with Crippen LogP contribution in [0.15, 0.2) is 18.2 Å². The Morgan fingerprint density at radius 1 is 1.31 bits per heavy atom. The van der Waals surface area contributed by atoms with Crippen molar-refractivity contribution in [3.05, 3.63) is 34.9 Å². The van der Waals surface area contributed by atoms with Gasteiger partial charge in [0.15, 0.2) is 0 Å². The maximum Gasteiger partial charge on any atom is 0.416 e. The molecule has 1 aliphatic carbocycles. The Labute approximate surface area is 91.9 Å². The van der Waals surface area contributed by atoms with Crippen LogP contribution in [0.3, 0.4) is 0 Å². The molecule has 0 aromatic heterocycles. The van der Waals surface area contributed by atoms with Crippen LogP contribution >= 0.6 is 0 Å². The smallest absolute Gasteiger partial charge is 0.390 e. The van der Waals surface area contributed by atoms with E-state index in [1.54, 1.807) is 6.92 Å². The highest BCUT2D eigenvalue weighted by molar-refractivity contribution is 5.34. The van der Waals surface area contributed by atoms with Crippen molar-refractivity contribution in [2.24, 2.45) is 0 Å². The van der Waals surface area contributed by atoms with Crippen molar-refractivity contribution in [1.82, 2.24) is 0 Å². The lowest BCUT2D eigenvalue weighted by molar-refractivity contribution is -0.137. The van der Waals surface area contributed by atoms with Gasteiger partial charge >= 0.3 is 6.18 Å². The molecule has 0 bridgehead atoms. The molecular weight excluding hydrogens is 217 g/mol. The minimum atomic E-state index is -4.29. The molecule has 1 aromatic rings. The third-order valence-corrected chi connectivity index (χ3v) is 3.02. The van der Waals surface area contributed by atoms with E-state index in [0.717, 1.165) is 30.5 Å². The average molecular weight is 230 g/mol. The lowest BCUT2D eigenvalue weighted by Gasteiger charge is -2.13. The molecule has 0 heterocycles. The van der Waals surface area contributed by atoms with E-state index in [1.807, 2.05) is 0 Å². The van der Waals surface area contributed by atoms with Crippen LogP contribution in [-0.4, -0.2) is 10.7 Å². The van der Waals surface area contributed by atoms with E-state index in [-0.39, 0.29) is 0 Å². The van der Waals surface area contributed by atoms with Gasteiger partial charge in [0.2, 0.25) is 0 Å². The van der Waals surface area contributed by atoms with Crippen molar-refractivity contribution in [2.45, 2.75) is 38.0 Å². The molecule has 0 spiro atoms. The second-order valence-electron chi connectivity index (χ2n) is 4.54. The molecule has 0 unspecified atom stereocenters. The highest BCUT2D eigenvalue weighted by atomic mass is 19.4. The Morgan fingerprint density at radius 2 is 1.94 bits per heavy atom. The number of halogens is 3. The number of aliphatic hydroxyl groups is 1. The van der Waals surface area contributed by atoms with E-state index in [1.165, 1.54) is 6.07 Å². The first kappa shape index (κ1) is 11.5. The van der Waals surface area contributed by atoms with Gasteiger partial charge in [-0.2, -0.15) is 13.2 Å². The van der Waals surface area contributed by atoms with E-state index >= 15 is 0 Å². The lowest BCUT2D eigenvalue weighted by atomic mass is 9.99. The quantitative estimate of drug-likeness (QED) is 0.827. The van der Waals surface area contributed by atoms with Crippen LogP contribution in [0.1, 0.15) is 29.5 Å². The molecule has 1 nitrogen and oxygen atoms in total. The molecule has 0 saturated heterocycles. The Morgan fingerprint density at radius 3 is 2.38 bits per heavy atom. The molecule has 16 heavy (non-hydrogen) atoms. The summed E-state index contributed by atoms with van der Waals surface area (Å²) in [4.78, 5) is 0. The maximum atomic E-state index is 12.4. The molecule has 0 aliphatic heterocycles. The number of benzene rings is 1. The second kappa shape index (κ2) is 3.48. The number of hydrogen-bond acceptors (Lipinski definition) is 1. The Hall–Kier alpha value is -1.03. The highest BCUT2D eigenvalue weighted by Gasteiger charge is 2.40. The molecule has 0 atom stereocenters. The summed E-state index contributed by atoms with van der Waals surface area (Å²) in [6, 6.07) is 3.68. The number of alkyl halides is 3. The fourth-order valence-electron chi connectivity index (χ4n) is 1.75. The predicted molar refractivity (Wildman–Crippen MR) is 54.1 cm³/mol. The van der Waals surface area contributed by atoms with Crippen LogP contribution in [0.5, 0.6) is 0 Å². The molecule has 1 N–H and O–H groups in total. The molecule has 0 amide bonds. The van der Waals surface area contributed by atoms with Gasteiger partial charge in [0, 0.05) is 6.42 Å². The van der Waals surface area contributed by atoms with Crippen molar-refractivity contribution in [2.75, 3.05) is 0 Å². The fourth-order valence-corrected chi connectivity index (χ4v) is 1.75. The van der Waals surface area contributed by atoms with Crippen LogP contribution in [0, 0.1) is 6.92 Å². The molecule has 1 saturated carbocycles. The van der Waals surface area contributed by atoms with Crippen LogP contribution in [0.25, 0.3) is 0 Å². The van der Waals surface area contributed by atoms with E-state index < -0.39 is 17.3 Å². The van der Waals surface area contributed by atoms with E-state index in [0.29, 0.717) is 12.0 Å². The summed E-state index contributed by atoms with van der Waals surface area (Å²) in [6.45, 7) is 1.65. The van der Waals surface area contributed by atoms with Gasteiger partial charge in [-0.05, 0) is 43.0 Å². The summed E-state index contributed by atoms with van der Waals surface area (Å²) in [5, 5.41) is 9.71. The van der Waals surface area contributed by atoms with Crippen LogP contribution in [0.4, 0.5) is 13.2 Å². The first-order valence-corrected chi connectivity index (χ1v) is 5.19. The van der Waals surface area contributed by atoms with Crippen molar-refractivity contribution in [1.29, 1.82) is 0 Å². The maximum absolute atomic E-state index is 12.4. The Kier molecular flexibility index (Phi) is 2.49. The summed E-state index contributed by atoms with van der Waals surface area (Å²) >= 11 is 0. The van der Waals surface area contributed by atoms with Gasteiger partial charge in [-0.1, -0.05) is 6.07 Å².